The van der Waals surface area contributed by atoms with Crippen molar-refractivity contribution in [2.75, 3.05) is 18.5 Å². The van der Waals surface area contributed by atoms with Crippen LogP contribution in [0, 0.1) is 0 Å². The molecule has 5 heteroatoms. The van der Waals surface area contributed by atoms with Gasteiger partial charge in [-0.2, -0.15) is 0 Å². The fourth-order valence-corrected chi connectivity index (χ4v) is 3.09. The average molecular weight is 448 g/mol. The third kappa shape index (κ3) is 7.19. The lowest BCUT2D eigenvalue weighted by molar-refractivity contribution is -0.118. The number of unbranched alkanes of at least 4 members (excludes halogenated alkanes) is 2. The number of benzene rings is 2. The van der Waals surface area contributed by atoms with Crippen molar-refractivity contribution in [2.24, 2.45) is 0 Å². The first-order valence-electron chi connectivity index (χ1n) is 9.75. The standard InChI is InChI=1S/C23H30BrNO3/c1-5-6-7-14-27-19-11-9-18(10-12-19)25-22(26)16-28-21-13-8-17(24)15-20(21)23(2,3)4/h8-13,15H,5-7,14,16H2,1-4H3,(H,25,26). The van der Waals surface area contributed by atoms with Crippen LogP contribution in [0.4, 0.5) is 5.69 Å². The fourth-order valence-electron chi connectivity index (χ4n) is 2.73. The molecule has 2 aromatic rings. The number of hydrogen-bond donors (Lipinski definition) is 1. The molecule has 28 heavy (non-hydrogen) atoms. The summed E-state index contributed by atoms with van der Waals surface area (Å²) in [5.41, 5.74) is 1.70. The number of carbonyl (C=O) groups excluding carboxylic acids is 1. The molecule has 4 nitrogen and oxygen atoms in total. The van der Waals surface area contributed by atoms with E-state index < -0.39 is 0 Å². The van der Waals surface area contributed by atoms with E-state index in [0.29, 0.717) is 0 Å². The summed E-state index contributed by atoms with van der Waals surface area (Å²) in [5, 5.41) is 2.86. The van der Waals surface area contributed by atoms with E-state index in [0.717, 1.165) is 40.3 Å². The minimum atomic E-state index is -0.195. The topological polar surface area (TPSA) is 47.6 Å². The van der Waals surface area contributed by atoms with Crippen molar-refractivity contribution < 1.29 is 14.3 Å². The Morgan fingerprint density at radius 3 is 2.39 bits per heavy atom. The van der Waals surface area contributed by atoms with Crippen molar-refractivity contribution in [3.05, 3.63) is 52.5 Å². The second-order valence-corrected chi connectivity index (χ2v) is 8.72. The molecule has 1 amide bonds. The van der Waals surface area contributed by atoms with Crippen LogP contribution in [0.25, 0.3) is 0 Å². The van der Waals surface area contributed by atoms with Crippen LogP contribution >= 0.6 is 15.9 Å². The zero-order valence-corrected chi connectivity index (χ0v) is 18.8. The summed E-state index contributed by atoms with van der Waals surface area (Å²) in [6.07, 6.45) is 3.40. The van der Waals surface area contributed by atoms with Crippen molar-refractivity contribution in [3.8, 4) is 11.5 Å². The third-order valence-electron chi connectivity index (χ3n) is 4.26. The van der Waals surface area contributed by atoms with Crippen LogP contribution in [-0.2, 0) is 10.2 Å². The quantitative estimate of drug-likeness (QED) is 0.456. The molecule has 0 heterocycles. The molecule has 0 atom stereocenters. The van der Waals surface area contributed by atoms with Gasteiger partial charge in [0.2, 0.25) is 0 Å². The van der Waals surface area contributed by atoms with Crippen LogP contribution in [0.5, 0.6) is 11.5 Å². The summed E-state index contributed by atoms with van der Waals surface area (Å²) in [4.78, 5) is 12.3. The highest BCUT2D eigenvalue weighted by molar-refractivity contribution is 9.10. The smallest absolute Gasteiger partial charge is 0.262 e. The van der Waals surface area contributed by atoms with E-state index in [2.05, 4.69) is 48.9 Å². The summed E-state index contributed by atoms with van der Waals surface area (Å²) in [6.45, 7) is 9.20. The van der Waals surface area contributed by atoms with Crippen LogP contribution in [0.3, 0.4) is 0 Å². The summed E-state index contributed by atoms with van der Waals surface area (Å²) in [7, 11) is 0. The summed E-state index contributed by atoms with van der Waals surface area (Å²) < 4.78 is 12.5. The van der Waals surface area contributed by atoms with E-state index in [1.807, 2.05) is 42.5 Å². The zero-order valence-electron chi connectivity index (χ0n) is 17.2. The van der Waals surface area contributed by atoms with Gasteiger partial charge < -0.3 is 14.8 Å². The minimum absolute atomic E-state index is 0.0417. The molecule has 0 aliphatic heterocycles. The van der Waals surface area contributed by atoms with E-state index in [4.69, 9.17) is 9.47 Å². The molecule has 0 unspecified atom stereocenters. The highest BCUT2D eigenvalue weighted by Crippen LogP contribution is 2.33. The van der Waals surface area contributed by atoms with Gasteiger partial charge in [0.25, 0.3) is 5.91 Å². The van der Waals surface area contributed by atoms with Crippen LogP contribution in [0.15, 0.2) is 46.9 Å². The van der Waals surface area contributed by atoms with E-state index in [9.17, 15) is 4.79 Å². The Bertz CT molecular complexity index is 766. The van der Waals surface area contributed by atoms with E-state index in [-0.39, 0.29) is 17.9 Å². The van der Waals surface area contributed by atoms with Gasteiger partial charge in [-0.1, -0.05) is 56.5 Å². The van der Waals surface area contributed by atoms with Gasteiger partial charge in [-0.25, -0.2) is 0 Å². The number of carbonyl (C=O) groups is 1. The Labute approximate surface area is 176 Å². The minimum Gasteiger partial charge on any atom is -0.494 e. The Morgan fingerprint density at radius 1 is 1.04 bits per heavy atom. The molecule has 0 aliphatic carbocycles. The van der Waals surface area contributed by atoms with Crippen LogP contribution in [-0.4, -0.2) is 19.1 Å². The van der Waals surface area contributed by atoms with E-state index in [1.165, 1.54) is 12.8 Å². The van der Waals surface area contributed by atoms with Gasteiger partial charge in [0, 0.05) is 15.7 Å². The van der Waals surface area contributed by atoms with Crippen molar-refractivity contribution >= 4 is 27.5 Å². The maximum Gasteiger partial charge on any atom is 0.262 e. The zero-order chi connectivity index (χ0) is 20.6. The lowest BCUT2D eigenvalue weighted by Crippen LogP contribution is -2.22. The summed E-state index contributed by atoms with van der Waals surface area (Å²) in [6, 6.07) is 13.3. The Hall–Kier alpha value is -2.01. The largest absolute Gasteiger partial charge is 0.494 e. The summed E-state index contributed by atoms with van der Waals surface area (Å²) in [5.74, 6) is 1.34. The lowest BCUT2D eigenvalue weighted by Gasteiger charge is -2.23. The maximum absolute atomic E-state index is 12.3. The molecule has 152 valence electrons. The van der Waals surface area contributed by atoms with Crippen molar-refractivity contribution in [3.63, 3.8) is 0 Å². The molecular formula is C23H30BrNO3. The molecule has 0 fully saturated rings. The van der Waals surface area contributed by atoms with Gasteiger partial charge in [-0.05, 0) is 54.3 Å². The van der Waals surface area contributed by atoms with Crippen molar-refractivity contribution in [2.45, 2.75) is 52.4 Å². The number of rotatable bonds is 9. The van der Waals surface area contributed by atoms with Gasteiger partial charge in [0.1, 0.15) is 11.5 Å². The molecule has 0 radical (unpaired) electrons. The van der Waals surface area contributed by atoms with Crippen LogP contribution in [0.1, 0.15) is 52.5 Å². The molecule has 1 N–H and O–H groups in total. The number of ether oxygens (including phenoxy) is 2. The molecule has 0 spiro atoms. The lowest BCUT2D eigenvalue weighted by atomic mass is 9.86. The molecule has 0 aliphatic rings. The average Bonchev–Trinajstić information content (AvgIpc) is 2.65. The molecule has 0 saturated carbocycles. The van der Waals surface area contributed by atoms with Gasteiger partial charge in [0.15, 0.2) is 6.61 Å². The normalized spacial score (nSPS) is 11.2. The van der Waals surface area contributed by atoms with Crippen molar-refractivity contribution in [1.29, 1.82) is 0 Å². The summed E-state index contributed by atoms with van der Waals surface area (Å²) >= 11 is 3.50. The third-order valence-corrected chi connectivity index (χ3v) is 4.76. The van der Waals surface area contributed by atoms with Crippen LogP contribution < -0.4 is 14.8 Å². The number of hydrogen-bond acceptors (Lipinski definition) is 3. The number of amides is 1. The highest BCUT2D eigenvalue weighted by Gasteiger charge is 2.20. The molecule has 0 bridgehead atoms. The highest BCUT2D eigenvalue weighted by atomic mass is 79.9. The Morgan fingerprint density at radius 2 is 1.75 bits per heavy atom. The first-order valence-corrected chi connectivity index (χ1v) is 10.5. The predicted octanol–water partition coefficient (Wildman–Crippen LogP) is 6.33. The predicted molar refractivity (Wildman–Crippen MR) is 118 cm³/mol. The first-order chi connectivity index (χ1) is 13.3. The Kier molecular flexibility index (Phi) is 8.36. The second kappa shape index (κ2) is 10.5. The second-order valence-electron chi connectivity index (χ2n) is 7.81. The van der Waals surface area contributed by atoms with Gasteiger partial charge in [-0.15, -0.1) is 0 Å². The fraction of sp³-hybridized carbons (Fsp3) is 0.435. The maximum atomic E-state index is 12.3. The van der Waals surface area contributed by atoms with Crippen LogP contribution in [0.2, 0.25) is 0 Å². The Balaban J connectivity index is 1.88. The van der Waals surface area contributed by atoms with E-state index in [1.54, 1.807) is 0 Å². The first kappa shape index (κ1) is 22.3. The van der Waals surface area contributed by atoms with Gasteiger partial charge >= 0.3 is 0 Å². The number of anilines is 1. The molecular weight excluding hydrogens is 418 g/mol. The monoisotopic (exact) mass is 447 g/mol. The number of nitrogens with one attached hydrogen (secondary N) is 1. The SMILES string of the molecule is CCCCCOc1ccc(NC(=O)COc2ccc(Br)cc2C(C)(C)C)cc1. The molecule has 2 aromatic carbocycles. The van der Waals surface area contributed by atoms with E-state index >= 15 is 0 Å². The molecule has 0 saturated heterocycles. The molecule has 2 rings (SSSR count). The van der Waals surface area contributed by atoms with Crippen molar-refractivity contribution in [1.82, 2.24) is 0 Å². The number of halogens is 1. The molecule has 0 aromatic heterocycles. The van der Waals surface area contributed by atoms with Gasteiger partial charge in [0.05, 0.1) is 6.61 Å². The van der Waals surface area contributed by atoms with Gasteiger partial charge in [-0.3, -0.25) is 4.79 Å².